The van der Waals surface area contributed by atoms with E-state index in [-0.39, 0.29) is 0 Å². The number of hydrogen-bond acceptors (Lipinski definition) is 4. The van der Waals surface area contributed by atoms with Crippen LogP contribution in [0.2, 0.25) is 0 Å². The fraction of sp³-hybridized carbons (Fsp3) is 0.286. The number of rotatable bonds is 4. The molecule has 2 rings (SSSR count). The molecule has 0 saturated carbocycles. The third kappa shape index (κ3) is 6.42. The summed E-state index contributed by atoms with van der Waals surface area (Å²) in [5.74, 6) is -0.874. The molecule has 0 heterocycles. The molecule has 0 aliphatic carbocycles. The average molecular weight is 383 g/mol. The van der Waals surface area contributed by atoms with Gasteiger partial charge in [-0.1, -0.05) is 19.1 Å². The number of hydrogen-bond donors (Lipinski definition) is 3. The lowest BCUT2D eigenvalue weighted by molar-refractivity contribution is 0.0635. The Morgan fingerprint density at radius 2 is 1.29 bits per heavy atom. The minimum Gasteiger partial charge on any atom is -0.444 e. The number of amides is 3. The molecule has 3 amide bonds. The van der Waals surface area contributed by atoms with Gasteiger partial charge in [0.1, 0.15) is 5.60 Å². The van der Waals surface area contributed by atoms with Gasteiger partial charge in [0.2, 0.25) is 0 Å². The highest BCUT2D eigenvalue weighted by Crippen LogP contribution is 2.13. The summed E-state index contributed by atoms with van der Waals surface area (Å²) >= 11 is 0. The lowest BCUT2D eigenvalue weighted by Gasteiger charge is -2.19. The predicted octanol–water partition coefficient (Wildman–Crippen LogP) is 3.67. The van der Waals surface area contributed by atoms with E-state index in [1.165, 1.54) is 12.1 Å². The van der Waals surface area contributed by atoms with Crippen LogP contribution in [0.4, 0.5) is 10.5 Å². The summed E-state index contributed by atoms with van der Waals surface area (Å²) in [6.45, 7) is 7.34. The van der Waals surface area contributed by atoms with E-state index in [2.05, 4.69) is 16.2 Å². The van der Waals surface area contributed by atoms with E-state index in [1.54, 1.807) is 45.0 Å². The van der Waals surface area contributed by atoms with E-state index in [9.17, 15) is 14.4 Å². The van der Waals surface area contributed by atoms with Gasteiger partial charge in [-0.25, -0.2) is 4.79 Å². The number of nitrogens with one attached hydrogen (secondary N) is 3. The first-order valence-corrected chi connectivity index (χ1v) is 8.97. The van der Waals surface area contributed by atoms with Gasteiger partial charge < -0.3 is 4.74 Å². The molecular weight excluding hydrogens is 358 g/mol. The molecule has 0 bridgehead atoms. The number of benzene rings is 2. The summed E-state index contributed by atoms with van der Waals surface area (Å²) in [5.41, 5.74) is 6.55. The Balaban J connectivity index is 1.88. The quantitative estimate of drug-likeness (QED) is 0.702. The maximum atomic E-state index is 12.2. The average Bonchev–Trinajstić information content (AvgIpc) is 2.65. The number of carbonyl (C=O) groups is 3. The lowest BCUT2D eigenvalue weighted by atomic mass is 10.1. The smallest absolute Gasteiger partial charge is 0.412 e. The molecule has 0 saturated heterocycles. The van der Waals surface area contributed by atoms with Crippen LogP contribution in [-0.4, -0.2) is 23.5 Å². The zero-order valence-corrected chi connectivity index (χ0v) is 16.5. The van der Waals surface area contributed by atoms with Gasteiger partial charge in [0.05, 0.1) is 0 Å². The van der Waals surface area contributed by atoms with Crippen LogP contribution in [0.1, 0.15) is 54.0 Å². The minimum atomic E-state index is -0.598. The zero-order chi connectivity index (χ0) is 20.7. The van der Waals surface area contributed by atoms with E-state index >= 15 is 0 Å². The van der Waals surface area contributed by atoms with E-state index in [4.69, 9.17) is 4.74 Å². The third-order valence-electron chi connectivity index (χ3n) is 3.71. The first kappa shape index (κ1) is 21.0. The van der Waals surface area contributed by atoms with Gasteiger partial charge in [-0.15, -0.1) is 0 Å². The highest BCUT2D eigenvalue weighted by molar-refractivity contribution is 5.99. The van der Waals surface area contributed by atoms with Crippen molar-refractivity contribution in [3.05, 3.63) is 65.2 Å². The van der Waals surface area contributed by atoms with Crippen molar-refractivity contribution in [2.75, 3.05) is 5.32 Å². The summed E-state index contributed by atoms with van der Waals surface area (Å²) in [7, 11) is 0. The second-order valence-corrected chi connectivity index (χ2v) is 7.16. The van der Waals surface area contributed by atoms with Gasteiger partial charge in [0.25, 0.3) is 11.8 Å². The Morgan fingerprint density at radius 1 is 0.821 bits per heavy atom. The van der Waals surface area contributed by atoms with Crippen molar-refractivity contribution < 1.29 is 19.1 Å². The Morgan fingerprint density at radius 3 is 1.71 bits per heavy atom. The molecule has 3 N–H and O–H groups in total. The molecule has 2 aromatic carbocycles. The molecule has 0 aromatic heterocycles. The Bertz CT molecular complexity index is 837. The second-order valence-electron chi connectivity index (χ2n) is 7.16. The summed E-state index contributed by atoms with van der Waals surface area (Å²) in [5, 5.41) is 2.58. The number of ether oxygens (including phenoxy) is 1. The van der Waals surface area contributed by atoms with Crippen LogP contribution in [0, 0.1) is 0 Å². The fourth-order valence-electron chi connectivity index (χ4n) is 2.28. The number of carbonyl (C=O) groups excluding carboxylic acids is 3. The molecule has 0 aliphatic rings. The lowest BCUT2D eigenvalue weighted by Crippen LogP contribution is -2.41. The molecular formula is C21H25N3O4. The van der Waals surface area contributed by atoms with Crippen molar-refractivity contribution in [2.24, 2.45) is 0 Å². The van der Waals surface area contributed by atoms with Crippen molar-refractivity contribution in [3.63, 3.8) is 0 Å². The van der Waals surface area contributed by atoms with Gasteiger partial charge in [-0.3, -0.25) is 25.8 Å². The summed E-state index contributed by atoms with van der Waals surface area (Å²) < 4.78 is 5.16. The van der Waals surface area contributed by atoms with Crippen molar-refractivity contribution in [2.45, 2.75) is 39.7 Å². The predicted molar refractivity (Wildman–Crippen MR) is 107 cm³/mol. The monoisotopic (exact) mass is 383 g/mol. The molecule has 0 spiro atoms. The van der Waals surface area contributed by atoms with Crippen LogP contribution in [0.5, 0.6) is 0 Å². The normalized spacial score (nSPS) is 10.7. The van der Waals surface area contributed by atoms with Crippen LogP contribution < -0.4 is 16.2 Å². The topological polar surface area (TPSA) is 96.5 Å². The fourth-order valence-corrected chi connectivity index (χ4v) is 2.28. The highest BCUT2D eigenvalue weighted by Gasteiger charge is 2.16. The van der Waals surface area contributed by atoms with Crippen LogP contribution >= 0.6 is 0 Å². The molecule has 148 valence electrons. The standard InChI is InChI=1S/C21H25N3O4/c1-5-14-6-8-15(9-7-14)18(25)23-24-19(26)16-10-12-17(13-11-16)22-20(27)28-21(2,3)4/h6-13H,5H2,1-4H3,(H,22,27)(H,23,25)(H,24,26). The van der Waals surface area contributed by atoms with Crippen molar-refractivity contribution in [1.29, 1.82) is 0 Å². The molecule has 2 aromatic rings. The van der Waals surface area contributed by atoms with Gasteiger partial charge >= 0.3 is 6.09 Å². The van der Waals surface area contributed by atoms with Crippen LogP contribution in [-0.2, 0) is 11.2 Å². The Hall–Kier alpha value is -3.35. The summed E-state index contributed by atoms with van der Waals surface area (Å²) in [6.07, 6.45) is 0.309. The zero-order valence-electron chi connectivity index (χ0n) is 16.5. The van der Waals surface area contributed by atoms with Crippen LogP contribution in [0.3, 0.4) is 0 Å². The van der Waals surface area contributed by atoms with Gasteiger partial charge in [-0.2, -0.15) is 0 Å². The number of aryl methyl sites for hydroxylation is 1. The van der Waals surface area contributed by atoms with Crippen LogP contribution in [0.25, 0.3) is 0 Å². The third-order valence-corrected chi connectivity index (χ3v) is 3.71. The molecule has 0 radical (unpaired) electrons. The molecule has 0 aliphatic heterocycles. The number of anilines is 1. The Labute approximate surface area is 164 Å². The Kier molecular flexibility index (Phi) is 6.76. The molecule has 0 atom stereocenters. The second kappa shape index (κ2) is 9.03. The summed E-state index contributed by atoms with van der Waals surface area (Å²) in [4.78, 5) is 36.0. The molecule has 7 nitrogen and oxygen atoms in total. The van der Waals surface area contributed by atoms with Crippen molar-refractivity contribution in [3.8, 4) is 0 Å². The highest BCUT2D eigenvalue weighted by atomic mass is 16.6. The molecule has 7 heteroatoms. The van der Waals surface area contributed by atoms with Gasteiger partial charge in [0.15, 0.2) is 0 Å². The SMILES string of the molecule is CCc1ccc(C(=O)NNC(=O)c2ccc(NC(=O)OC(C)(C)C)cc2)cc1. The van der Waals surface area contributed by atoms with Crippen molar-refractivity contribution in [1.82, 2.24) is 10.9 Å². The maximum absolute atomic E-state index is 12.2. The van der Waals surface area contributed by atoms with Crippen LogP contribution in [0.15, 0.2) is 48.5 Å². The van der Waals surface area contributed by atoms with Gasteiger partial charge in [-0.05, 0) is 69.2 Å². The largest absolute Gasteiger partial charge is 0.444 e. The van der Waals surface area contributed by atoms with E-state index in [0.29, 0.717) is 16.8 Å². The first-order valence-electron chi connectivity index (χ1n) is 8.97. The number of hydrazine groups is 1. The van der Waals surface area contributed by atoms with E-state index < -0.39 is 23.5 Å². The molecule has 0 unspecified atom stereocenters. The maximum Gasteiger partial charge on any atom is 0.412 e. The molecule has 28 heavy (non-hydrogen) atoms. The van der Waals surface area contributed by atoms with Gasteiger partial charge in [0, 0.05) is 16.8 Å². The van der Waals surface area contributed by atoms with Crippen molar-refractivity contribution >= 4 is 23.6 Å². The molecule has 0 fully saturated rings. The summed E-state index contributed by atoms with van der Waals surface area (Å²) in [6, 6.07) is 13.4. The first-order chi connectivity index (χ1) is 13.2. The van der Waals surface area contributed by atoms with E-state index in [1.807, 2.05) is 19.1 Å². The minimum absolute atomic E-state index is 0.330. The van der Waals surface area contributed by atoms with E-state index in [0.717, 1.165) is 12.0 Å².